The van der Waals surface area contributed by atoms with E-state index in [1.807, 2.05) is 46.8 Å². The number of halogens is 2. The Hall–Kier alpha value is -2.83. The van der Waals surface area contributed by atoms with Gasteiger partial charge in [0.05, 0.1) is 11.0 Å². The topological polar surface area (TPSA) is 59.8 Å². The highest BCUT2D eigenvalue weighted by Gasteiger charge is 2.18. The van der Waals surface area contributed by atoms with Crippen LogP contribution in [-0.4, -0.2) is 20.4 Å². The van der Waals surface area contributed by atoms with Gasteiger partial charge in [0, 0.05) is 24.9 Å². The first-order valence-electron chi connectivity index (χ1n) is 9.54. The second kappa shape index (κ2) is 7.89. The van der Waals surface area contributed by atoms with Crippen LogP contribution in [0.1, 0.15) is 56.1 Å². The standard InChI is InChI=1S/C22H26F2N4O/c1-13-8-18-17(26-21(13)27-19(29)10-22(3,4)5)9-14(2)28(18)12-15-6-7-16(20(23)24)25-11-15/h6-9,11,20H,10,12H2,1-5H3,(H,26,27,29). The lowest BCUT2D eigenvalue weighted by Gasteiger charge is -2.17. The zero-order valence-corrected chi connectivity index (χ0v) is 17.4. The van der Waals surface area contributed by atoms with E-state index in [9.17, 15) is 13.6 Å². The molecule has 154 valence electrons. The molecule has 7 heteroatoms. The van der Waals surface area contributed by atoms with Gasteiger partial charge in [-0.25, -0.2) is 13.8 Å². The number of nitrogens with zero attached hydrogens (tertiary/aromatic N) is 3. The lowest BCUT2D eigenvalue weighted by Crippen LogP contribution is -2.20. The zero-order chi connectivity index (χ0) is 21.3. The van der Waals surface area contributed by atoms with Gasteiger partial charge in [-0.3, -0.25) is 9.78 Å². The molecule has 0 aromatic carbocycles. The van der Waals surface area contributed by atoms with Crippen molar-refractivity contribution in [3.8, 4) is 0 Å². The van der Waals surface area contributed by atoms with E-state index in [2.05, 4.69) is 19.9 Å². The average Bonchev–Trinajstić information content (AvgIpc) is 2.89. The third kappa shape index (κ3) is 4.96. The predicted octanol–water partition coefficient (Wildman–Crippen LogP) is 5.41. The van der Waals surface area contributed by atoms with Gasteiger partial charge in [0.25, 0.3) is 6.43 Å². The molecule has 0 aliphatic heterocycles. The Morgan fingerprint density at radius 1 is 1.21 bits per heavy atom. The molecule has 0 aliphatic rings. The molecular formula is C22H26F2N4O. The molecule has 5 nitrogen and oxygen atoms in total. The lowest BCUT2D eigenvalue weighted by atomic mass is 9.92. The minimum atomic E-state index is -2.57. The van der Waals surface area contributed by atoms with E-state index in [1.54, 1.807) is 6.07 Å². The number of nitrogens with one attached hydrogen (secondary N) is 1. The van der Waals surface area contributed by atoms with Crippen LogP contribution in [0.3, 0.4) is 0 Å². The van der Waals surface area contributed by atoms with E-state index in [-0.39, 0.29) is 17.0 Å². The van der Waals surface area contributed by atoms with Crippen LogP contribution >= 0.6 is 0 Å². The van der Waals surface area contributed by atoms with Crippen LogP contribution in [-0.2, 0) is 11.3 Å². The van der Waals surface area contributed by atoms with E-state index < -0.39 is 6.43 Å². The van der Waals surface area contributed by atoms with Crippen molar-refractivity contribution < 1.29 is 13.6 Å². The Bertz CT molecular complexity index is 1030. The smallest absolute Gasteiger partial charge is 0.280 e. The van der Waals surface area contributed by atoms with Crippen molar-refractivity contribution >= 4 is 22.8 Å². The molecule has 1 amide bonds. The molecule has 0 saturated carbocycles. The Morgan fingerprint density at radius 3 is 2.52 bits per heavy atom. The largest absolute Gasteiger partial charge is 0.339 e. The van der Waals surface area contributed by atoms with Gasteiger partial charge in [0.2, 0.25) is 5.91 Å². The summed E-state index contributed by atoms with van der Waals surface area (Å²) in [5, 5.41) is 2.91. The number of fused-ring (bicyclic) bond motifs is 1. The maximum absolute atomic E-state index is 12.7. The molecule has 0 spiro atoms. The number of alkyl halides is 2. The van der Waals surface area contributed by atoms with Crippen LogP contribution in [0.15, 0.2) is 30.5 Å². The SMILES string of the molecule is Cc1cc2c(cc(C)n2Cc2ccc(C(F)F)nc2)nc1NC(=O)CC(C)(C)C. The monoisotopic (exact) mass is 400 g/mol. The third-order valence-corrected chi connectivity index (χ3v) is 4.64. The molecule has 0 bridgehead atoms. The molecule has 3 heterocycles. The Morgan fingerprint density at radius 2 is 1.93 bits per heavy atom. The van der Waals surface area contributed by atoms with Gasteiger partial charge in [0.15, 0.2) is 0 Å². The number of hydrogen-bond acceptors (Lipinski definition) is 3. The first kappa shape index (κ1) is 20.9. The van der Waals surface area contributed by atoms with Crippen molar-refractivity contribution in [2.75, 3.05) is 5.32 Å². The normalized spacial score (nSPS) is 12.0. The minimum absolute atomic E-state index is 0.0613. The number of carbonyl (C=O) groups excluding carboxylic acids is 1. The zero-order valence-electron chi connectivity index (χ0n) is 17.4. The molecule has 0 aliphatic carbocycles. The van der Waals surface area contributed by atoms with E-state index in [0.717, 1.165) is 27.9 Å². The van der Waals surface area contributed by atoms with E-state index in [1.165, 1.54) is 12.3 Å². The lowest BCUT2D eigenvalue weighted by molar-refractivity contribution is -0.117. The van der Waals surface area contributed by atoms with Gasteiger partial charge in [-0.2, -0.15) is 0 Å². The van der Waals surface area contributed by atoms with E-state index in [4.69, 9.17) is 0 Å². The van der Waals surface area contributed by atoms with Crippen LogP contribution in [0.5, 0.6) is 0 Å². The van der Waals surface area contributed by atoms with Crippen LogP contribution in [0.4, 0.5) is 14.6 Å². The molecule has 3 aromatic rings. The molecule has 29 heavy (non-hydrogen) atoms. The molecule has 1 N–H and O–H groups in total. The summed E-state index contributed by atoms with van der Waals surface area (Å²) in [5.41, 5.74) is 4.05. The van der Waals surface area contributed by atoms with E-state index in [0.29, 0.717) is 18.8 Å². The van der Waals surface area contributed by atoms with Crippen LogP contribution in [0.2, 0.25) is 0 Å². The molecule has 0 fully saturated rings. The number of amides is 1. The molecule has 0 unspecified atom stereocenters. The minimum Gasteiger partial charge on any atom is -0.339 e. The maximum Gasteiger partial charge on any atom is 0.280 e. The molecular weight excluding hydrogens is 374 g/mol. The third-order valence-electron chi connectivity index (χ3n) is 4.64. The molecule has 3 aromatic heterocycles. The van der Waals surface area contributed by atoms with Crippen LogP contribution in [0, 0.1) is 19.3 Å². The van der Waals surface area contributed by atoms with Gasteiger partial charge in [-0.1, -0.05) is 26.8 Å². The summed E-state index contributed by atoms with van der Waals surface area (Å²) in [6, 6.07) is 6.96. The second-order valence-corrected chi connectivity index (χ2v) is 8.61. The summed E-state index contributed by atoms with van der Waals surface area (Å²) in [6.07, 6.45) is -0.681. The highest BCUT2D eigenvalue weighted by atomic mass is 19.3. The Labute approximate surface area is 169 Å². The Kier molecular flexibility index (Phi) is 5.68. The van der Waals surface area contributed by atoms with E-state index >= 15 is 0 Å². The van der Waals surface area contributed by atoms with Gasteiger partial charge in [0.1, 0.15) is 11.5 Å². The summed E-state index contributed by atoms with van der Waals surface area (Å²) in [5.74, 6) is 0.501. The number of hydrogen-bond donors (Lipinski definition) is 1. The summed E-state index contributed by atoms with van der Waals surface area (Å²) in [6.45, 7) is 10.4. The number of carbonyl (C=O) groups is 1. The number of anilines is 1. The first-order valence-corrected chi connectivity index (χ1v) is 9.54. The summed E-state index contributed by atoms with van der Waals surface area (Å²) < 4.78 is 27.5. The fourth-order valence-corrected chi connectivity index (χ4v) is 3.24. The number of aromatic nitrogens is 3. The number of aryl methyl sites for hydroxylation is 2. The van der Waals surface area contributed by atoms with Gasteiger partial charge in [-0.15, -0.1) is 0 Å². The highest BCUT2D eigenvalue weighted by molar-refractivity contribution is 5.92. The summed E-state index contributed by atoms with van der Waals surface area (Å²) >= 11 is 0. The number of pyridine rings is 2. The molecule has 3 rings (SSSR count). The fourth-order valence-electron chi connectivity index (χ4n) is 3.24. The number of rotatable bonds is 5. The Balaban J connectivity index is 1.88. The van der Waals surface area contributed by atoms with Crippen LogP contribution < -0.4 is 5.32 Å². The van der Waals surface area contributed by atoms with Crippen LogP contribution in [0.25, 0.3) is 11.0 Å². The van der Waals surface area contributed by atoms with Crippen molar-refractivity contribution in [2.45, 2.75) is 54.0 Å². The first-order chi connectivity index (χ1) is 13.5. The van der Waals surface area contributed by atoms with Crippen molar-refractivity contribution in [2.24, 2.45) is 5.41 Å². The summed E-state index contributed by atoms with van der Waals surface area (Å²) in [7, 11) is 0. The van der Waals surface area contributed by atoms with Gasteiger partial charge in [-0.05, 0) is 48.6 Å². The van der Waals surface area contributed by atoms with Crippen molar-refractivity contribution in [1.29, 1.82) is 0 Å². The summed E-state index contributed by atoms with van der Waals surface area (Å²) in [4.78, 5) is 20.8. The molecule has 0 radical (unpaired) electrons. The predicted molar refractivity (Wildman–Crippen MR) is 110 cm³/mol. The highest BCUT2D eigenvalue weighted by Crippen LogP contribution is 2.26. The fraction of sp³-hybridized carbons (Fsp3) is 0.409. The van der Waals surface area contributed by atoms with Gasteiger partial charge < -0.3 is 9.88 Å². The van der Waals surface area contributed by atoms with Crippen molar-refractivity contribution in [1.82, 2.24) is 14.5 Å². The van der Waals surface area contributed by atoms with Crippen molar-refractivity contribution in [3.63, 3.8) is 0 Å². The van der Waals surface area contributed by atoms with Gasteiger partial charge >= 0.3 is 0 Å². The molecule has 0 saturated heterocycles. The second-order valence-electron chi connectivity index (χ2n) is 8.61. The quantitative estimate of drug-likeness (QED) is 0.623. The maximum atomic E-state index is 12.7. The average molecular weight is 400 g/mol. The molecule has 0 atom stereocenters. The van der Waals surface area contributed by atoms with Crippen molar-refractivity contribution in [3.05, 3.63) is 53.0 Å².